The summed E-state index contributed by atoms with van der Waals surface area (Å²) in [5.74, 6) is -0.660. The molecule has 0 aliphatic rings. The number of hydrogen-bond donors (Lipinski definition) is 2. The largest absolute Gasteiger partial charge is 0.316 e. The Bertz CT molecular complexity index is 553. The highest BCUT2D eigenvalue weighted by molar-refractivity contribution is 6.31. The van der Waals surface area contributed by atoms with Gasteiger partial charge in [-0.15, -0.1) is 0 Å². The molecule has 2 rings (SSSR count). The lowest BCUT2D eigenvalue weighted by Gasteiger charge is -2.01. The predicted molar refractivity (Wildman–Crippen MR) is 88.3 cm³/mol. The van der Waals surface area contributed by atoms with E-state index < -0.39 is 0 Å². The van der Waals surface area contributed by atoms with Crippen LogP contribution in [0.4, 0.5) is 8.78 Å². The van der Waals surface area contributed by atoms with Crippen molar-refractivity contribution >= 4 is 23.2 Å². The van der Waals surface area contributed by atoms with E-state index in [2.05, 4.69) is 10.6 Å². The quantitative estimate of drug-likeness (QED) is 0.857. The maximum Gasteiger partial charge on any atom is 0.146 e. The van der Waals surface area contributed by atoms with Gasteiger partial charge in [0.15, 0.2) is 0 Å². The summed E-state index contributed by atoms with van der Waals surface area (Å²) in [5, 5.41) is 6.06. The molecular formula is C16H18Cl2F2N2. The minimum Gasteiger partial charge on any atom is -0.316 e. The van der Waals surface area contributed by atoms with Crippen LogP contribution in [0.3, 0.4) is 0 Å². The summed E-state index contributed by atoms with van der Waals surface area (Å²) in [6, 6.07) is 9.96. The third-order valence-corrected chi connectivity index (χ3v) is 3.38. The fraction of sp³-hybridized carbons (Fsp3) is 0.250. The highest BCUT2D eigenvalue weighted by Crippen LogP contribution is 2.18. The van der Waals surface area contributed by atoms with Crippen LogP contribution in [-0.2, 0) is 13.1 Å². The molecule has 0 saturated heterocycles. The van der Waals surface area contributed by atoms with E-state index in [0.29, 0.717) is 24.2 Å². The second-order valence-corrected chi connectivity index (χ2v) is 5.30. The van der Waals surface area contributed by atoms with E-state index in [-0.39, 0.29) is 21.7 Å². The molecule has 0 aliphatic heterocycles. The van der Waals surface area contributed by atoms with E-state index in [9.17, 15) is 8.78 Å². The zero-order valence-electron chi connectivity index (χ0n) is 12.4. The first-order valence-electron chi connectivity index (χ1n) is 6.66. The van der Waals surface area contributed by atoms with Gasteiger partial charge in [-0.3, -0.25) is 0 Å². The van der Waals surface area contributed by atoms with Crippen LogP contribution < -0.4 is 10.6 Å². The maximum atomic E-state index is 13.0. The molecule has 0 saturated carbocycles. The van der Waals surface area contributed by atoms with Gasteiger partial charge >= 0.3 is 0 Å². The van der Waals surface area contributed by atoms with Crippen molar-refractivity contribution in [3.8, 4) is 0 Å². The molecule has 2 nitrogen and oxygen atoms in total. The van der Waals surface area contributed by atoms with Gasteiger partial charge in [0.2, 0.25) is 0 Å². The van der Waals surface area contributed by atoms with E-state index in [1.165, 1.54) is 12.1 Å². The lowest BCUT2D eigenvalue weighted by molar-refractivity contribution is 0.601. The van der Waals surface area contributed by atoms with Crippen molar-refractivity contribution in [2.75, 3.05) is 14.1 Å². The normalized spacial score (nSPS) is 10.1. The van der Waals surface area contributed by atoms with E-state index >= 15 is 0 Å². The van der Waals surface area contributed by atoms with Crippen molar-refractivity contribution in [2.24, 2.45) is 0 Å². The summed E-state index contributed by atoms with van der Waals surface area (Å²) in [6.45, 7) is 1.01. The average Bonchev–Trinajstić information content (AvgIpc) is 2.50. The molecule has 6 heteroatoms. The van der Waals surface area contributed by atoms with Gasteiger partial charge in [-0.2, -0.15) is 0 Å². The molecule has 22 heavy (non-hydrogen) atoms. The zero-order chi connectivity index (χ0) is 16.5. The Morgan fingerprint density at radius 3 is 1.45 bits per heavy atom. The molecule has 0 bridgehead atoms. The van der Waals surface area contributed by atoms with E-state index in [1.807, 2.05) is 0 Å². The molecule has 0 spiro atoms. The Balaban J connectivity index is 0.000000220. The van der Waals surface area contributed by atoms with E-state index in [0.717, 1.165) is 0 Å². The standard InChI is InChI=1S/2C8H9ClFN/c2*1-11-5-6-3-2-4-7(9)8(6)10/h2*2-4,11H,5H2,1H3. The van der Waals surface area contributed by atoms with E-state index in [1.54, 1.807) is 38.4 Å². The van der Waals surface area contributed by atoms with Gasteiger partial charge in [0.1, 0.15) is 11.6 Å². The maximum absolute atomic E-state index is 13.0. The number of hydrogen-bond acceptors (Lipinski definition) is 2. The molecule has 0 aromatic heterocycles. The first-order chi connectivity index (χ1) is 10.5. The fourth-order valence-corrected chi connectivity index (χ4v) is 2.14. The number of rotatable bonds is 4. The lowest BCUT2D eigenvalue weighted by Crippen LogP contribution is -2.06. The SMILES string of the molecule is CNCc1cccc(Cl)c1F.CNCc1cccc(Cl)c1F. The van der Waals surface area contributed by atoms with Crippen LogP contribution in [-0.4, -0.2) is 14.1 Å². The molecule has 120 valence electrons. The van der Waals surface area contributed by atoms with Gasteiger partial charge in [0.25, 0.3) is 0 Å². The fourth-order valence-electron chi connectivity index (χ4n) is 1.75. The highest BCUT2D eigenvalue weighted by Gasteiger charge is 2.04. The highest BCUT2D eigenvalue weighted by atomic mass is 35.5. The third kappa shape index (κ3) is 5.54. The number of nitrogens with one attached hydrogen (secondary N) is 2. The Kier molecular flexibility index (Phi) is 8.35. The van der Waals surface area contributed by atoms with Crippen molar-refractivity contribution in [2.45, 2.75) is 13.1 Å². The van der Waals surface area contributed by atoms with Crippen LogP contribution in [0.15, 0.2) is 36.4 Å². The predicted octanol–water partition coefficient (Wildman–Crippen LogP) is 4.40. The summed E-state index contributed by atoms with van der Waals surface area (Å²) in [4.78, 5) is 0. The molecule has 0 heterocycles. The molecule has 0 fully saturated rings. The monoisotopic (exact) mass is 346 g/mol. The Morgan fingerprint density at radius 2 is 1.14 bits per heavy atom. The Labute approximate surface area is 139 Å². The second-order valence-electron chi connectivity index (χ2n) is 4.49. The minimum atomic E-state index is -0.330. The summed E-state index contributed by atoms with van der Waals surface area (Å²) in [6.07, 6.45) is 0. The topological polar surface area (TPSA) is 24.1 Å². The minimum absolute atomic E-state index is 0.178. The number of benzene rings is 2. The van der Waals surface area contributed by atoms with E-state index in [4.69, 9.17) is 23.2 Å². The molecule has 0 radical (unpaired) electrons. The lowest BCUT2D eigenvalue weighted by atomic mass is 10.2. The van der Waals surface area contributed by atoms with Gasteiger partial charge in [-0.25, -0.2) is 8.78 Å². The molecule has 2 aromatic carbocycles. The summed E-state index contributed by atoms with van der Waals surface area (Å²) < 4.78 is 26.0. The van der Waals surface area contributed by atoms with Gasteiger partial charge in [0, 0.05) is 24.2 Å². The summed E-state index contributed by atoms with van der Waals surface area (Å²) in [5.41, 5.74) is 1.19. The average molecular weight is 347 g/mol. The molecule has 0 amide bonds. The third-order valence-electron chi connectivity index (χ3n) is 2.80. The van der Waals surface area contributed by atoms with Crippen molar-refractivity contribution in [1.82, 2.24) is 10.6 Å². The van der Waals surface area contributed by atoms with Crippen LogP contribution in [0.5, 0.6) is 0 Å². The molecular weight excluding hydrogens is 329 g/mol. The van der Waals surface area contributed by atoms with Crippen LogP contribution in [0.2, 0.25) is 10.0 Å². The summed E-state index contributed by atoms with van der Waals surface area (Å²) >= 11 is 11.1. The van der Waals surface area contributed by atoms with Crippen LogP contribution in [0.25, 0.3) is 0 Å². The van der Waals surface area contributed by atoms with Gasteiger partial charge < -0.3 is 10.6 Å². The Hall–Kier alpha value is -1.20. The number of halogens is 4. The van der Waals surface area contributed by atoms with Crippen LogP contribution in [0, 0.1) is 11.6 Å². The van der Waals surface area contributed by atoms with Crippen molar-refractivity contribution in [3.05, 3.63) is 69.2 Å². The van der Waals surface area contributed by atoms with Crippen LogP contribution >= 0.6 is 23.2 Å². The van der Waals surface area contributed by atoms with Crippen molar-refractivity contribution < 1.29 is 8.78 Å². The molecule has 0 atom stereocenters. The first-order valence-corrected chi connectivity index (χ1v) is 7.41. The van der Waals surface area contributed by atoms with Gasteiger partial charge in [-0.05, 0) is 26.2 Å². The second kappa shape index (κ2) is 9.74. The zero-order valence-corrected chi connectivity index (χ0v) is 13.9. The first kappa shape index (κ1) is 18.8. The Morgan fingerprint density at radius 1 is 0.773 bits per heavy atom. The molecule has 2 aromatic rings. The van der Waals surface area contributed by atoms with Crippen molar-refractivity contribution in [1.29, 1.82) is 0 Å². The smallest absolute Gasteiger partial charge is 0.146 e. The molecule has 0 aliphatic carbocycles. The molecule has 0 unspecified atom stereocenters. The van der Waals surface area contributed by atoms with Gasteiger partial charge in [-0.1, -0.05) is 47.5 Å². The van der Waals surface area contributed by atoms with Crippen molar-refractivity contribution in [3.63, 3.8) is 0 Å². The molecule has 2 N–H and O–H groups in total. The van der Waals surface area contributed by atoms with Crippen LogP contribution in [0.1, 0.15) is 11.1 Å². The van der Waals surface area contributed by atoms with Gasteiger partial charge in [0.05, 0.1) is 10.0 Å². The summed E-state index contributed by atoms with van der Waals surface area (Å²) in [7, 11) is 3.53.